The Balaban J connectivity index is 1.34. The van der Waals surface area contributed by atoms with Crippen LogP contribution in [0.5, 0.6) is 0 Å². The average molecular weight is 447 g/mol. The minimum atomic E-state index is -0.266. The molecule has 0 bridgehead atoms. The first-order chi connectivity index (χ1) is 16.1. The van der Waals surface area contributed by atoms with Crippen LogP contribution >= 0.6 is 0 Å². The number of H-pyrrole nitrogens is 1. The van der Waals surface area contributed by atoms with E-state index in [4.69, 9.17) is 4.52 Å². The topological polar surface area (TPSA) is 92.1 Å². The third-order valence-electron chi connectivity index (χ3n) is 7.22. The van der Waals surface area contributed by atoms with E-state index in [0.29, 0.717) is 30.3 Å². The van der Waals surface area contributed by atoms with E-state index in [1.54, 1.807) is 0 Å². The summed E-state index contributed by atoms with van der Waals surface area (Å²) in [6, 6.07) is 13.6. The second-order valence-electron chi connectivity index (χ2n) is 9.40. The van der Waals surface area contributed by atoms with Crippen molar-refractivity contribution in [1.29, 1.82) is 0 Å². The van der Waals surface area contributed by atoms with Crippen LogP contribution in [-0.2, 0) is 4.79 Å². The Morgan fingerprint density at radius 2 is 1.82 bits per heavy atom. The zero-order valence-corrected chi connectivity index (χ0v) is 19.0. The van der Waals surface area contributed by atoms with Crippen molar-refractivity contribution in [3.63, 3.8) is 0 Å². The minimum Gasteiger partial charge on any atom is -0.356 e. The molecule has 5 rings (SSSR count). The Bertz CT molecular complexity index is 1160. The number of aromatic nitrogens is 3. The van der Waals surface area contributed by atoms with Crippen LogP contribution in [0.4, 0.5) is 0 Å². The van der Waals surface area contributed by atoms with Crippen LogP contribution in [0.25, 0.3) is 11.3 Å². The predicted molar refractivity (Wildman–Crippen MR) is 125 cm³/mol. The maximum Gasteiger partial charge on any atom is 0.264 e. The number of amides is 1. The molecule has 1 aliphatic carbocycles. The van der Waals surface area contributed by atoms with Gasteiger partial charge in [0, 0.05) is 36.7 Å². The van der Waals surface area contributed by atoms with Gasteiger partial charge in [-0.2, -0.15) is 5.10 Å². The summed E-state index contributed by atoms with van der Waals surface area (Å²) in [4.78, 5) is 27.7. The van der Waals surface area contributed by atoms with Crippen LogP contribution < -0.4 is 5.56 Å². The number of carbonyl (C=O) groups excluding carboxylic acids is 1. The molecule has 7 nitrogen and oxygen atoms in total. The van der Waals surface area contributed by atoms with E-state index in [-0.39, 0.29) is 23.3 Å². The molecule has 33 heavy (non-hydrogen) atoms. The predicted octanol–water partition coefficient (Wildman–Crippen LogP) is 4.41. The summed E-state index contributed by atoms with van der Waals surface area (Å²) in [6.07, 6.45) is 6.29. The fourth-order valence-electron chi connectivity index (χ4n) is 5.55. The lowest BCUT2D eigenvalue weighted by atomic mass is 9.82. The van der Waals surface area contributed by atoms with Crippen LogP contribution in [0, 0.1) is 12.8 Å². The van der Waals surface area contributed by atoms with Gasteiger partial charge in [0.25, 0.3) is 5.56 Å². The Labute approximate surface area is 193 Å². The summed E-state index contributed by atoms with van der Waals surface area (Å²) < 4.78 is 5.43. The Kier molecular flexibility index (Phi) is 6.11. The average Bonchev–Trinajstić information content (AvgIpc) is 3.52. The quantitative estimate of drug-likeness (QED) is 0.627. The van der Waals surface area contributed by atoms with Gasteiger partial charge in [-0.25, -0.2) is 5.10 Å². The Morgan fingerprint density at radius 1 is 1.09 bits per heavy atom. The standard InChI is InChI=1S/C26H30N4O3/c1-17-15-22(33-29-17)21-16-23(31)27-28-25(21)20-11-13-30(14-12-20)26(32)24(19-9-5-6-10-19)18-7-3-2-4-8-18/h2-4,7-8,15-16,19-20,24H,5-6,9-14H2,1H3,(H,27,31). The molecule has 0 spiro atoms. The summed E-state index contributed by atoms with van der Waals surface area (Å²) in [5.41, 5.74) is 3.14. The fourth-order valence-corrected chi connectivity index (χ4v) is 5.55. The smallest absolute Gasteiger partial charge is 0.264 e. The van der Waals surface area contributed by atoms with E-state index >= 15 is 0 Å². The number of piperidine rings is 1. The molecule has 1 unspecified atom stereocenters. The van der Waals surface area contributed by atoms with Crippen LogP contribution in [-0.4, -0.2) is 39.3 Å². The third kappa shape index (κ3) is 4.49. The summed E-state index contributed by atoms with van der Waals surface area (Å²) in [6.45, 7) is 3.23. The normalized spacial score (nSPS) is 18.5. The van der Waals surface area contributed by atoms with Crippen molar-refractivity contribution >= 4 is 5.91 Å². The van der Waals surface area contributed by atoms with Crippen LogP contribution in [0.1, 0.15) is 67.3 Å². The Morgan fingerprint density at radius 3 is 2.48 bits per heavy atom. The van der Waals surface area contributed by atoms with Gasteiger partial charge in [0.15, 0.2) is 5.76 Å². The first kappa shape index (κ1) is 21.6. The molecule has 1 amide bonds. The zero-order chi connectivity index (χ0) is 22.8. The van der Waals surface area contributed by atoms with Gasteiger partial charge < -0.3 is 9.42 Å². The number of hydrogen-bond donors (Lipinski definition) is 1. The van der Waals surface area contributed by atoms with Crippen molar-refractivity contribution in [3.8, 4) is 11.3 Å². The maximum absolute atomic E-state index is 13.7. The summed E-state index contributed by atoms with van der Waals surface area (Å²) in [5, 5.41) is 10.9. The van der Waals surface area contributed by atoms with E-state index in [0.717, 1.165) is 42.6 Å². The molecule has 2 aromatic heterocycles. The number of benzene rings is 1. The van der Waals surface area contributed by atoms with Gasteiger partial charge in [-0.15, -0.1) is 0 Å². The van der Waals surface area contributed by atoms with Crippen molar-refractivity contribution in [1.82, 2.24) is 20.3 Å². The Hall–Kier alpha value is -3.22. The number of aryl methyl sites for hydroxylation is 1. The lowest BCUT2D eigenvalue weighted by molar-refractivity contribution is -0.135. The highest BCUT2D eigenvalue weighted by Gasteiger charge is 2.36. The maximum atomic E-state index is 13.7. The molecular weight excluding hydrogens is 416 g/mol. The van der Waals surface area contributed by atoms with E-state index in [2.05, 4.69) is 27.5 Å². The molecule has 3 heterocycles. The molecule has 0 radical (unpaired) electrons. The van der Waals surface area contributed by atoms with Gasteiger partial charge in [0.1, 0.15) is 0 Å². The molecule has 7 heteroatoms. The van der Waals surface area contributed by atoms with Gasteiger partial charge >= 0.3 is 0 Å². The van der Waals surface area contributed by atoms with Crippen LogP contribution in [0.2, 0.25) is 0 Å². The number of nitrogens with zero attached hydrogens (tertiary/aromatic N) is 3. The minimum absolute atomic E-state index is 0.0517. The summed E-state index contributed by atoms with van der Waals surface area (Å²) >= 11 is 0. The van der Waals surface area contributed by atoms with Gasteiger partial charge in [-0.3, -0.25) is 9.59 Å². The first-order valence-corrected chi connectivity index (χ1v) is 12.0. The molecular formula is C26H30N4O3. The lowest BCUT2D eigenvalue weighted by Crippen LogP contribution is -2.42. The van der Waals surface area contributed by atoms with Gasteiger partial charge in [-0.1, -0.05) is 48.3 Å². The summed E-state index contributed by atoms with van der Waals surface area (Å²) in [5.74, 6) is 1.34. The van der Waals surface area contributed by atoms with Crippen molar-refractivity contribution < 1.29 is 9.32 Å². The van der Waals surface area contributed by atoms with Crippen molar-refractivity contribution in [2.45, 2.75) is 57.3 Å². The first-order valence-electron chi connectivity index (χ1n) is 12.0. The fraction of sp³-hybridized carbons (Fsp3) is 0.462. The monoisotopic (exact) mass is 446 g/mol. The van der Waals surface area contributed by atoms with Gasteiger partial charge in [0.2, 0.25) is 5.91 Å². The van der Waals surface area contributed by atoms with Gasteiger partial charge in [-0.05, 0) is 44.1 Å². The van der Waals surface area contributed by atoms with E-state index in [9.17, 15) is 9.59 Å². The number of likely N-dealkylation sites (tertiary alicyclic amines) is 1. The van der Waals surface area contributed by atoms with Crippen LogP contribution in [0.15, 0.2) is 51.8 Å². The molecule has 1 saturated heterocycles. The largest absolute Gasteiger partial charge is 0.356 e. The molecule has 1 saturated carbocycles. The molecule has 1 aliphatic heterocycles. The molecule has 172 valence electrons. The van der Waals surface area contributed by atoms with Crippen molar-refractivity contribution in [2.75, 3.05) is 13.1 Å². The number of nitrogens with one attached hydrogen (secondary N) is 1. The highest BCUT2D eigenvalue weighted by molar-refractivity contribution is 5.84. The number of rotatable bonds is 5. The number of aromatic amines is 1. The zero-order valence-electron chi connectivity index (χ0n) is 19.0. The highest BCUT2D eigenvalue weighted by Crippen LogP contribution is 2.40. The summed E-state index contributed by atoms with van der Waals surface area (Å²) in [7, 11) is 0. The molecule has 2 aliphatic rings. The van der Waals surface area contributed by atoms with E-state index in [1.807, 2.05) is 36.1 Å². The van der Waals surface area contributed by atoms with Crippen molar-refractivity contribution in [3.05, 3.63) is 69.8 Å². The van der Waals surface area contributed by atoms with Crippen LogP contribution in [0.3, 0.4) is 0 Å². The van der Waals surface area contributed by atoms with Crippen molar-refractivity contribution in [2.24, 2.45) is 5.92 Å². The van der Waals surface area contributed by atoms with E-state index in [1.165, 1.54) is 18.9 Å². The SMILES string of the molecule is Cc1cc(-c2cc(=O)[nH]nc2C2CCN(C(=O)C(c3ccccc3)C3CCCC3)CC2)on1. The highest BCUT2D eigenvalue weighted by atomic mass is 16.5. The molecule has 2 fully saturated rings. The second kappa shape index (κ2) is 9.33. The number of hydrogen-bond acceptors (Lipinski definition) is 5. The molecule has 1 aromatic carbocycles. The molecule has 1 atom stereocenters. The number of carbonyl (C=O) groups is 1. The molecule has 1 N–H and O–H groups in total. The molecule has 3 aromatic rings. The van der Waals surface area contributed by atoms with Gasteiger partial charge in [0.05, 0.1) is 17.3 Å². The third-order valence-corrected chi connectivity index (χ3v) is 7.22. The van der Waals surface area contributed by atoms with E-state index < -0.39 is 0 Å². The second-order valence-corrected chi connectivity index (χ2v) is 9.40. The lowest BCUT2D eigenvalue weighted by Gasteiger charge is -2.36.